The number of aromatic nitrogens is 2. The van der Waals surface area contributed by atoms with Crippen LogP contribution in [0.4, 0.5) is 0 Å². The molecular weight excluding hydrogens is 442 g/mol. The van der Waals surface area contributed by atoms with Gasteiger partial charge in [0.05, 0.1) is 17.7 Å². The van der Waals surface area contributed by atoms with Gasteiger partial charge in [0, 0.05) is 57.5 Å². The van der Waals surface area contributed by atoms with Gasteiger partial charge >= 0.3 is 0 Å². The van der Waals surface area contributed by atoms with E-state index >= 15 is 0 Å². The van der Waals surface area contributed by atoms with Gasteiger partial charge in [-0.05, 0) is 63.9 Å². The fourth-order valence-electron chi connectivity index (χ4n) is 5.58. The lowest BCUT2D eigenvalue weighted by Crippen LogP contribution is -2.37. The van der Waals surface area contributed by atoms with Crippen LogP contribution in [-0.2, 0) is 22.6 Å². The number of hydrogen-bond donors (Lipinski definition) is 2. The summed E-state index contributed by atoms with van der Waals surface area (Å²) in [6.45, 7) is 5.50. The molecule has 1 aromatic heterocycles. The van der Waals surface area contributed by atoms with Crippen molar-refractivity contribution in [1.82, 2.24) is 25.3 Å². The zero-order chi connectivity index (χ0) is 24.7. The number of nitrogens with zero attached hydrogens (tertiary/aromatic N) is 3. The lowest BCUT2D eigenvalue weighted by atomic mass is 9.68. The van der Waals surface area contributed by atoms with Gasteiger partial charge in [-0.3, -0.25) is 9.89 Å². The molecule has 2 aliphatic rings. The molecule has 0 atom stereocenters. The van der Waals surface area contributed by atoms with Gasteiger partial charge < -0.3 is 24.6 Å². The number of likely N-dealkylation sites (N-methyl/N-ethyl adjacent to an activating group) is 2. The van der Waals surface area contributed by atoms with Crippen molar-refractivity contribution in [2.24, 2.45) is 5.41 Å². The van der Waals surface area contributed by atoms with E-state index < -0.39 is 0 Å². The lowest BCUT2D eigenvalue weighted by molar-refractivity contribution is -0.138. The summed E-state index contributed by atoms with van der Waals surface area (Å²) in [5.74, 6) is 1.61. The second-order valence-corrected chi connectivity index (χ2v) is 10.2. The minimum absolute atomic E-state index is 0.181. The van der Waals surface area contributed by atoms with Gasteiger partial charge in [-0.1, -0.05) is 12.1 Å². The maximum Gasteiger partial charge on any atom is 0.229 e. The first-order valence-corrected chi connectivity index (χ1v) is 12.9. The van der Waals surface area contributed by atoms with Crippen molar-refractivity contribution in [2.45, 2.75) is 51.1 Å². The van der Waals surface area contributed by atoms with E-state index in [1.165, 1.54) is 11.3 Å². The average molecular weight is 484 g/mol. The second-order valence-electron chi connectivity index (χ2n) is 10.2. The number of carbonyl (C=O) groups is 1. The highest BCUT2D eigenvalue weighted by Crippen LogP contribution is 2.49. The van der Waals surface area contributed by atoms with E-state index in [1.807, 2.05) is 25.4 Å². The zero-order valence-corrected chi connectivity index (χ0v) is 21.5. The topological polar surface area (TPSA) is 82.7 Å². The average Bonchev–Trinajstić information content (AvgIpc) is 3.45. The number of rotatable bonds is 12. The van der Waals surface area contributed by atoms with Crippen LogP contribution < -0.4 is 10.1 Å². The number of H-pyrrole nitrogens is 1. The van der Waals surface area contributed by atoms with Crippen molar-refractivity contribution in [1.29, 1.82) is 0 Å². The van der Waals surface area contributed by atoms with Crippen LogP contribution in [0, 0.1) is 5.41 Å². The minimum atomic E-state index is -0.181. The van der Waals surface area contributed by atoms with Crippen LogP contribution in [0.5, 0.6) is 5.75 Å². The molecule has 1 aliphatic heterocycles. The summed E-state index contributed by atoms with van der Waals surface area (Å²) in [4.78, 5) is 17.9. The maximum atomic E-state index is 13.5. The summed E-state index contributed by atoms with van der Waals surface area (Å²) in [5.41, 5.74) is 3.45. The highest BCUT2D eigenvalue weighted by molar-refractivity contribution is 5.85. The SMILES string of the molecule is CNCCN(C)Cc1c[nH]nc1[C@H]1CC[C@@]2(CCN(Cc3ccc(OCCOC)cc3)C2=O)CC1. The molecule has 1 saturated heterocycles. The van der Waals surface area contributed by atoms with E-state index in [-0.39, 0.29) is 5.41 Å². The van der Waals surface area contributed by atoms with Crippen molar-refractivity contribution >= 4 is 5.91 Å². The Morgan fingerprint density at radius 1 is 1.20 bits per heavy atom. The fraction of sp³-hybridized carbons (Fsp3) is 0.630. The first-order chi connectivity index (χ1) is 17.0. The molecular formula is C27H41N5O3. The van der Waals surface area contributed by atoms with Gasteiger partial charge in [0.15, 0.2) is 0 Å². The summed E-state index contributed by atoms with van der Waals surface area (Å²) < 4.78 is 10.7. The van der Waals surface area contributed by atoms with E-state index in [4.69, 9.17) is 9.47 Å². The molecule has 2 aromatic rings. The van der Waals surface area contributed by atoms with Gasteiger partial charge in [-0.2, -0.15) is 5.10 Å². The predicted molar refractivity (Wildman–Crippen MR) is 136 cm³/mol. The van der Waals surface area contributed by atoms with Crippen LogP contribution in [-0.4, -0.2) is 80.0 Å². The molecule has 1 aromatic carbocycles. The molecule has 8 nitrogen and oxygen atoms in total. The van der Waals surface area contributed by atoms with Crippen molar-refractivity contribution in [3.05, 3.63) is 47.3 Å². The third kappa shape index (κ3) is 6.23. The van der Waals surface area contributed by atoms with E-state index in [0.29, 0.717) is 31.6 Å². The number of hydrogen-bond acceptors (Lipinski definition) is 6. The Balaban J connectivity index is 1.30. The number of aromatic amines is 1. The number of benzene rings is 1. The molecule has 0 bridgehead atoms. The molecule has 0 radical (unpaired) electrons. The molecule has 192 valence electrons. The largest absolute Gasteiger partial charge is 0.491 e. The normalized spacial score (nSPS) is 22.5. The Morgan fingerprint density at radius 2 is 1.97 bits per heavy atom. The lowest BCUT2D eigenvalue weighted by Gasteiger charge is -2.35. The van der Waals surface area contributed by atoms with Crippen LogP contribution in [0.25, 0.3) is 0 Å². The Kier molecular flexibility index (Phi) is 8.81. The van der Waals surface area contributed by atoms with Crippen LogP contribution in [0.2, 0.25) is 0 Å². The van der Waals surface area contributed by atoms with Gasteiger partial charge in [0.1, 0.15) is 12.4 Å². The molecule has 1 saturated carbocycles. The number of carbonyl (C=O) groups excluding carboxylic acids is 1. The monoisotopic (exact) mass is 483 g/mol. The van der Waals surface area contributed by atoms with Crippen molar-refractivity contribution in [3.8, 4) is 5.75 Å². The molecule has 2 heterocycles. The summed E-state index contributed by atoms with van der Waals surface area (Å²) in [5, 5.41) is 10.9. The number of likely N-dealkylation sites (tertiary alicyclic amines) is 1. The van der Waals surface area contributed by atoms with Gasteiger partial charge in [0.25, 0.3) is 0 Å². The highest BCUT2D eigenvalue weighted by atomic mass is 16.5. The Hall–Kier alpha value is -2.42. The summed E-state index contributed by atoms with van der Waals surface area (Å²) in [7, 11) is 5.80. The predicted octanol–water partition coefficient (Wildman–Crippen LogP) is 3.16. The third-order valence-electron chi connectivity index (χ3n) is 7.72. The van der Waals surface area contributed by atoms with Crippen molar-refractivity contribution in [2.75, 3.05) is 54.1 Å². The Morgan fingerprint density at radius 3 is 2.69 bits per heavy atom. The molecule has 4 rings (SSSR count). The third-order valence-corrected chi connectivity index (χ3v) is 7.72. The number of methoxy groups -OCH3 is 1. The fourth-order valence-corrected chi connectivity index (χ4v) is 5.58. The molecule has 1 aliphatic carbocycles. The van der Waals surface area contributed by atoms with Gasteiger partial charge in [-0.25, -0.2) is 0 Å². The van der Waals surface area contributed by atoms with E-state index in [2.05, 4.69) is 44.5 Å². The van der Waals surface area contributed by atoms with E-state index in [1.54, 1.807) is 7.11 Å². The van der Waals surface area contributed by atoms with E-state index in [9.17, 15) is 4.79 Å². The van der Waals surface area contributed by atoms with Crippen LogP contribution in [0.3, 0.4) is 0 Å². The van der Waals surface area contributed by atoms with Gasteiger partial charge in [0.2, 0.25) is 5.91 Å². The zero-order valence-electron chi connectivity index (χ0n) is 21.5. The molecule has 1 amide bonds. The van der Waals surface area contributed by atoms with Crippen LogP contribution in [0.15, 0.2) is 30.5 Å². The number of ether oxygens (including phenoxy) is 2. The second kappa shape index (κ2) is 12.0. The number of amides is 1. The maximum absolute atomic E-state index is 13.5. The quantitative estimate of drug-likeness (QED) is 0.451. The summed E-state index contributed by atoms with van der Waals surface area (Å²) in [6.07, 6.45) is 7.00. The van der Waals surface area contributed by atoms with E-state index in [0.717, 1.165) is 69.6 Å². The Bertz CT molecular complexity index is 937. The molecule has 35 heavy (non-hydrogen) atoms. The summed E-state index contributed by atoms with van der Waals surface area (Å²) >= 11 is 0. The first kappa shape index (κ1) is 25.7. The standard InChI is InChI=1S/C27H41N5O3/c1-28-13-15-31(2)20-23-18-29-30-25(23)22-8-10-27(11-9-22)12-14-32(26(27)33)19-21-4-6-24(7-5-21)35-17-16-34-3/h4-7,18,22,28H,8-17,19-20H2,1-3H3,(H,29,30)/t22-,27-. The molecule has 0 unspecified atom stereocenters. The summed E-state index contributed by atoms with van der Waals surface area (Å²) in [6, 6.07) is 8.07. The molecule has 8 heteroatoms. The number of nitrogens with one attached hydrogen (secondary N) is 2. The first-order valence-electron chi connectivity index (χ1n) is 12.9. The van der Waals surface area contributed by atoms with Gasteiger partial charge in [-0.15, -0.1) is 0 Å². The highest BCUT2D eigenvalue weighted by Gasteiger charge is 2.48. The molecule has 1 spiro atoms. The van der Waals surface area contributed by atoms with Crippen molar-refractivity contribution in [3.63, 3.8) is 0 Å². The Labute approximate surface area is 209 Å². The molecule has 2 fully saturated rings. The molecule has 2 N–H and O–H groups in total. The smallest absolute Gasteiger partial charge is 0.229 e. The van der Waals surface area contributed by atoms with Crippen molar-refractivity contribution < 1.29 is 14.3 Å². The minimum Gasteiger partial charge on any atom is -0.491 e. The van der Waals surface area contributed by atoms with Crippen LogP contribution >= 0.6 is 0 Å². The van der Waals surface area contributed by atoms with Crippen LogP contribution in [0.1, 0.15) is 54.8 Å².